The Balaban J connectivity index is -0.0000000150. The molecule has 0 atom stereocenters. The molecule has 0 aromatic rings. The summed E-state index contributed by atoms with van der Waals surface area (Å²) in [5, 5.41) is 7.42. The molecule has 48 valence electrons. The standard InChI is InChI=1S/C2H4O2.HI.2H3N/c1-2(3)4;;;/h1H3,(H,3,4);1H;2*1H3. The largest absolute Gasteiger partial charge is 0.481 e. The van der Waals surface area contributed by atoms with E-state index >= 15 is 0 Å². The summed E-state index contributed by atoms with van der Waals surface area (Å²) >= 11 is 0. The van der Waals surface area contributed by atoms with Gasteiger partial charge in [-0.3, -0.25) is 4.79 Å². The topological polar surface area (TPSA) is 107 Å². The molecule has 0 aromatic heterocycles. The average Bonchev–Trinajstić information content (AvgIpc) is 0.811. The molecule has 0 aliphatic carbocycles. The van der Waals surface area contributed by atoms with E-state index in [1.54, 1.807) is 0 Å². The van der Waals surface area contributed by atoms with E-state index in [4.69, 9.17) is 9.90 Å². The van der Waals surface area contributed by atoms with Gasteiger partial charge in [0.2, 0.25) is 0 Å². The highest BCUT2D eigenvalue weighted by Crippen LogP contribution is 1.42. The SMILES string of the molecule is CC(=O)O.I.N.N. The molecule has 0 bridgehead atoms. The summed E-state index contributed by atoms with van der Waals surface area (Å²) in [5.74, 6) is -0.833. The number of carboxylic acids is 1. The molecule has 5 heteroatoms. The lowest BCUT2D eigenvalue weighted by Gasteiger charge is -1.59. The molecule has 4 nitrogen and oxygen atoms in total. The lowest BCUT2D eigenvalue weighted by molar-refractivity contribution is -0.134. The van der Waals surface area contributed by atoms with E-state index < -0.39 is 5.97 Å². The van der Waals surface area contributed by atoms with Gasteiger partial charge in [-0.15, -0.1) is 24.0 Å². The Hall–Kier alpha value is 0.120. The second-order valence-electron chi connectivity index (χ2n) is 0.519. The van der Waals surface area contributed by atoms with Crippen LogP contribution in [-0.2, 0) is 4.79 Å². The van der Waals surface area contributed by atoms with Crippen LogP contribution < -0.4 is 12.3 Å². The van der Waals surface area contributed by atoms with Crippen molar-refractivity contribution in [2.75, 3.05) is 0 Å². The van der Waals surface area contributed by atoms with Crippen LogP contribution in [0.25, 0.3) is 0 Å². The van der Waals surface area contributed by atoms with Crippen molar-refractivity contribution in [3.05, 3.63) is 0 Å². The molecule has 0 fully saturated rings. The van der Waals surface area contributed by atoms with E-state index in [0.29, 0.717) is 0 Å². The molecule has 0 saturated carbocycles. The van der Waals surface area contributed by atoms with Gasteiger partial charge < -0.3 is 17.4 Å². The molecule has 0 unspecified atom stereocenters. The predicted molar refractivity (Wildman–Crippen MR) is 38.8 cm³/mol. The first-order valence-corrected chi connectivity index (χ1v) is 0.928. The zero-order valence-corrected chi connectivity index (χ0v) is 6.51. The van der Waals surface area contributed by atoms with Crippen molar-refractivity contribution in [2.45, 2.75) is 6.92 Å². The molecule has 0 heterocycles. The quantitative estimate of drug-likeness (QED) is 0.532. The second-order valence-corrected chi connectivity index (χ2v) is 0.519. The molecular formula is C2H11IN2O2. The maximum absolute atomic E-state index is 9.00. The Morgan fingerprint density at radius 3 is 1.43 bits per heavy atom. The lowest BCUT2D eigenvalue weighted by Crippen LogP contribution is -1.78. The van der Waals surface area contributed by atoms with Crippen molar-refractivity contribution < 1.29 is 9.90 Å². The molecule has 0 amide bonds. The molecule has 7 N–H and O–H groups in total. The molecule has 0 aliphatic heterocycles. The van der Waals surface area contributed by atoms with Crippen molar-refractivity contribution in [3.8, 4) is 0 Å². The summed E-state index contributed by atoms with van der Waals surface area (Å²) in [7, 11) is 0. The normalized spacial score (nSPS) is 3.57. The summed E-state index contributed by atoms with van der Waals surface area (Å²) in [4.78, 5) is 9.00. The fourth-order valence-electron chi connectivity index (χ4n) is 0. The van der Waals surface area contributed by atoms with Crippen LogP contribution in [0.5, 0.6) is 0 Å². The van der Waals surface area contributed by atoms with E-state index in [-0.39, 0.29) is 36.3 Å². The highest BCUT2D eigenvalue weighted by molar-refractivity contribution is 14.0. The molecule has 0 aromatic carbocycles. The van der Waals surface area contributed by atoms with Crippen molar-refractivity contribution >= 4 is 29.9 Å². The number of hydrogen-bond donors (Lipinski definition) is 3. The van der Waals surface area contributed by atoms with Gasteiger partial charge in [-0.1, -0.05) is 0 Å². The maximum atomic E-state index is 9.00. The lowest BCUT2D eigenvalue weighted by atomic mass is 10.9. The fourth-order valence-corrected chi connectivity index (χ4v) is 0. The number of halogens is 1. The van der Waals surface area contributed by atoms with Crippen LogP contribution >= 0.6 is 24.0 Å². The number of aliphatic carboxylic acids is 1. The third-order valence-electron chi connectivity index (χ3n) is 0. The molecule has 0 saturated heterocycles. The van der Waals surface area contributed by atoms with Gasteiger partial charge in [0.25, 0.3) is 5.97 Å². The average molecular weight is 222 g/mol. The van der Waals surface area contributed by atoms with Crippen LogP contribution in [0.15, 0.2) is 0 Å². The molecular weight excluding hydrogens is 211 g/mol. The minimum atomic E-state index is -0.833. The van der Waals surface area contributed by atoms with Crippen LogP contribution in [0.2, 0.25) is 0 Å². The summed E-state index contributed by atoms with van der Waals surface area (Å²) in [5.41, 5.74) is 0. The first-order valence-electron chi connectivity index (χ1n) is 0.928. The van der Waals surface area contributed by atoms with E-state index in [0.717, 1.165) is 6.92 Å². The first kappa shape index (κ1) is 27.4. The third-order valence-corrected chi connectivity index (χ3v) is 0. The van der Waals surface area contributed by atoms with Crippen molar-refractivity contribution in [2.24, 2.45) is 0 Å². The molecule has 0 aliphatic rings. The van der Waals surface area contributed by atoms with Crippen molar-refractivity contribution in [1.82, 2.24) is 12.3 Å². The van der Waals surface area contributed by atoms with E-state index in [1.807, 2.05) is 0 Å². The van der Waals surface area contributed by atoms with Gasteiger partial charge in [-0.25, -0.2) is 0 Å². The predicted octanol–water partition coefficient (Wildman–Crippen LogP) is 1.03. The summed E-state index contributed by atoms with van der Waals surface area (Å²) in [6.45, 7) is 1.08. The van der Waals surface area contributed by atoms with Gasteiger partial charge in [0.1, 0.15) is 0 Å². The van der Waals surface area contributed by atoms with Crippen molar-refractivity contribution in [1.29, 1.82) is 0 Å². The minimum absolute atomic E-state index is 0. The van der Waals surface area contributed by atoms with Gasteiger partial charge in [-0.05, 0) is 0 Å². The number of carbonyl (C=O) groups is 1. The Labute approximate surface area is 59.5 Å². The molecule has 0 rings (SSSR count). The minimum Gasteiger partial charge on any atom is -0.481 e. The highest BCUT2D eigenvalue weighted by Gasteiger charge is 1.65. The van der Waals surface area contributed by atoms with Crippen LogP contribution in [0.4, 0.5) is 0 Å². The molecule has 0 radical (unpaired) electrons. The van der Waals surface area contributed by atoms with E-state index in [1.165, 1.54) is 0 Å². The summed E-state index contributed by atoms with van der Waals surface area (Å²) in [6, 6.07) is 0. The van der Waals surface area contributed by atoms with E-state index in [9.17, 15) is 0 Å². The molecule has 0 spiro atoms. The molecule has 7 heavy (non-hydrogen) atoms. The van der Waals surface area contributed by atoms with E-state index in [2.05, 4.69) is 0 Å². The fraction of sp³-hybridized carbons (Fsp3) is 0.500. The zero-order valence-electron chi connectivity index (χ0n) is 4.18. The zero-order chi connectivity index (χ0) is 3.58. The van der Waals surface area contributed by atoms with Gasteiger partial charge in [0, 0.05) is 6.92 Å². The van der Waals surface area contributed by atoms with Crippen molar-refractivity contribution in [3.63, 3.8) is 0 Å². The van der Waals surface area contributed by atoms with Crippen LogP contribution in [0, 0.1) is 0 Å². The third kappa shape index (κ3) is 7210. The second kappa shape index (κ2) is 16.5. The number of rotatable bonds is 0. The number of hydrogen-bond acceptors (Lipinski definition) is 3. The van der Waals surface area contributed by atoms with Crippen LogP contribution in [0.3, 0.4) is 0 Å². The van der Waals surface area contributed by atoms with Gasteiger partial charge in [0.15, 0.2) is 0 Å². The summed E-state index contributed by atoms with van der Waals surface area (Å²) in [6.07, 6.45) is 0. The van der Waals surface area contributed by atoms with Crippen LogP contribution in [0.1, 0.15) is 6.92 Å². The van der Waals surface area contributed by atoms with Gasteiger partial charge in [0.05, 0.1) is 0 Å². The Kier molecular flexibility index (Phi) is 64.5. The van der Waals surface area contributed by atoms with Gasteiger partial charge >= 0.3 is 0 Å². The Bertz CT molecular complexity index is 36.7. The highest BCUT2D eigenvalue weighted by atomic mass is 127. The maximum Gasteiger partial charge on any atom is 0.300 e. The Morgan fingerprint density at radius 1 is 1.43 bits per heavy atom. The Morgan fingerprint density at radius 2 is 1.43 bits per heavy atom. The van der Waals surface area contributed by atoms with Gasteiger partial charge in [-0.2, -0.15) is 0 Å². The summed E-state index contributed by atoms with van der Waals surface area (Å²) < 4.78 is 0. The smallest absolute Gasteiger partial charge is 0.300 e. The monoisotopic (exact) mass is 222 g/mol. The first-order chi connectivity index (χ1) is 1.73. The van der Waals surface area contributed by atoms with Crippen LogP contribution in [-0.4, -0.2) is 11.1 Å². The number of carboxylic acid groups (broad SMARTS) is 1.